The molecule has 0 spiro atoms. The summed E-state index contributed by atoms with van der Waals surface area (Å²) in [4.78, 5) is 18.0. The van der Waals surface area contributed by atoms with Gasteiger partial charge in [-0.25, -0.2) is 14.8 Å². The van der Waals surface area contributed by atoms with Crippen LogP contribution < -0.4 is 11.1 Å². The first-order chi connectivity index (χ1) is 13.8. The lowest BCUT2D eigenvalue weighted by Gasteiger charge is -2.20. The zero-order chi connectivity index (χ0) is 22.7. The molecule has 1 aromatic carbocycles. The lowest BCUT2D eigenvalue weighted by Crippen LogP contribution is -2.28. The number of anilines is 1. The van der Waals surface area contributed by atoms with Crippen molar-refractivity contribution in [3.8, 4) is 0 Å². The van der Waals surface area contributed by atoms with E-state index in [2.05, 4.69) is 19.9 Å². The molecule has 0 aliphatic rings. The average molecular weight is 427 g/mol. The van der Waals surface area contributed by atoms with E-state index in [4.69, 9.17) is 15.6 Å². The largest absolute Gasteiger partial charge is 0.490 e. The van der Waals surface area contributed by atoms with Crippen LogP contribution in [-0.2, 0) is 17.9 Å². The number of aliphatic carboxylic acids is 1. The number of hydrogen-bond donors (Lipinski definition) is 4. The number of carboxylic acid groups (broad SMARTS) is 1. The van der Waals surface area contributed by atoms with E-state index >= 15 is 0 Å². The Bertz CT molecular complexity index is 1040. The van der Waals surface area contributed by atoms with Crippen LogP contribution >= 0.6 is 0 Å². The van der Waals surface area contributed by atoms with Crippen molar-refractivity contribution in [1.82, 2.24) is 19.9 Å². The number of aliphatic hydroxyl groups is 1. The second-order valence-corrected chi connectivity index (χ2v) is 7.22. The molecule has 0 saturated carbocycles. The Hall–Kier alpha value is -2.92. The van der Waals surface area contributed by atoms with Gasteiger partial charge in [-0.2, -0.15) is 13.2 Å². The van der Waals surface area contributed by atoms with Crippen LogP contribution in [0.5, 0.6) is 0 Å². The fraction of sp³-hybridized carbons (Fsp3) is 0.421. The van der Waals surface area contributed by atoms with Crippen molar-refractivity contribution in [1.29, 1.82) is 0 Å². The van der Waals surface area contributed by atoms with Crippen LogP contribution in [0.3, 0.4) is 0 Å². The molecule has 0 amide bonds. The number of pyridine rings is 1. The summed E-state index contributed by atoms with van der Waals surface area (Å²) in [5.41, 5.74) is 7.74. The summed E-state index contributed by atoms with van der Waals surface area (Å²) in [7, 11) is 0. The quantitative estimate of drug-likeness (QED) is 0.493. The minimum Gasteiger partial charge on any atom is -0.475 e. The third-order valence-corrected chi connectivity index (χ3v) is 4.01. The number of nitrogens with one attached hydrogen (secondary N) is 1. The molecule has 3 rings (SSSR count). The Labute approximate surface area is 170 Å². The van der Waals surface area contributed by atoms with Gasteiger partial charge in [0.2, 0.25) is 0 Å². The van der Waals surface area contributed by atoms with Gasteiger partial charge in [-0.1, -0.05) is 25.1 Å². The molecular weight excluding hydrogens is 403 g/mol. The summed E-state index contributed by atoms with van der Waals surface area (Å²) >= 11 is 0. The maximum atomic E-state index is 10.6. The van der Waals surface area contributed by atoms with Gasteiger partial charge in [-0.05, 0) is 26.5 Å². The number of nitrogen functional groups attached to an aromatic ring is 1. The summed E-state index contributed by atoms with van der Waals surface area (Å²) in [5, 5.41) is 21.7. The number of imidazole rings is 1. The molecule has 2 aromatic heterocycles. The fourth-order valence-electron chi connectivity index (χ4n) is 2.83. The van der Waals surface area contributed by atoms with Crippen molar-refractivity contribution in [2.45, 2.75) is 45.6 Å². The van der Waals surface area contributed by atoms with Crippen molar-refractivity contribution < 1.29 is 28.2 Å². The van der Waals surface area contributed by atoms with Crippen LogP contribution in [0.2, 0.25) is 0 Å². The maximum absolute atomic E-state index is 10.6. The van der Waals surface area contributed by atoms with Crippen molar-refractivity contribution in [2.75, 3.05) is 12.3 Å². The second-order valence-electron chi connectivity index (χ2n) is 7.22. The predicted molar refractivity (Wildman–Crippen MR) is 107 cm³/mol. The smallest absolute Gasteiger partial charge is 0.475 e. The Morgan fingerprint density at radius 1 is 1.23 bits per heavy atom. The molecule has 0 fully saturated rings. The number of nitrogens with zero attached hydrogens (tertiary/aromatic N) is 3. The van der Waals surface area contributed by atoms with Crippen LogP contribution in [0.4, 0.5) is 19.0 Å². The average Bonchev–Trinajstić information content (AvgIpc) is 2.97. The lowest BCUT2D eigenvalue weighted by atomic mass is 10.1. The monoisotopic (exact) mass is 427 g/mol. The van der Waals surface area contributed by atoms with E-state index in [1.165, 1.54) is 0 Å². The van der Waals surface area contributed by atoms with Crippen LogP contribution in [-0.4, -0.2) is 49.0 Å². The number of hydrogen-bond acceptors (Lipinski definition) is 6. The Morgan fingerprint density at radius 3 is 2.37 bits per heavy atom. The number of para-hydroxylation sites is 1. The molecule has 2 heterocycles. The second kappa shape index (κ2) is 8.84. The highest BCUT2D eigenvalue weighted by molar-refractivity contribution is 6.06. The van der Waals surface area contributed by atoms with E-state index in [1.807, 2.05) is 31.2 Å². The van der Waals surface area contributed by atoms with Crippen LogP contribution in [0, 0.1) is 0 Å². The minimum atomic E-state index is -5.08. The van der Waals surface area contributed by atoms with Gasteiger partial charge < -0.3 is 25.8 Å². The number of halogens is 3. The number of rotatable bonds is 5. The Kier molecular flexibility index (Phi) is 6.88. The summed E-state index contributed by atoms with van der Waals surface area (Å²) in [6.07, 6.45) is -5.08. The summed E-state index contributed by atoms with van der Waals surface area (Å²) in [6.45, 7) is 7.55. The highest BCUT2D eigenvalue weighted by Gasteiger charge is 2.38. The molecule has 30 heavy (non-hydrogen) atoms. The first-order valence-corrected chi connectivity index (χ1v) is 9.11. The van der Waals surface area contributed by atoms with Gasteiger partial charge in [0.05, 0.1) is 29.7 Å². The van der Waals surface area contributed by atoms with Gasteiger partial charge in [-0.3, -0.25) is 0 Å². The number of aromatic nitrogens is 3. The predicted octanol–water partition coefficient (Wildman–Crippen LogP) is 2.68. The lowest BCUT2D eigenvalue weighted by molar-refractivity contribution is -0.192. The third kappa shape index (κ3) is 5.57. The summed E-state index contributed by atoms with van der Waals surface area (Å²) < 4.78 is 33.8. The van der Waals surface area contributed by atoms with E-state index in [9.17, 15) is 18.3 Å². The molecule has 5 N–H and O–H groups in total. The van der Waals surface area contributed by atoms with Gasteiger partial charge in [0.25, 0.3) is 0 Å². The molecule has 0 radical (unpaired) electrons. The molecule has 0 aliphatic heterocycles. The molecule has 0 bridgehead atoms. The molecule has 164 valence electrons. The molecule has 3 aromatic rings. The van der Waals surface area contributed by atoms with Crippen molar-refractivity contribution in [3.63, 3.8) is 0 Å². The van der Waals surface area contributed by atoms with Crippen LogP contribution in [0.1, 0.15) is 26.6 Å². The minimum absolute atomic E-state index is 0.422. The SMILES string of the molecule is CCNCc1nc2c(N)nc3ccccc3c2n1CC(C)(C)O.O=C(O)C(F)(F)F. The van der Waals surface area contributed by atoms with Gasteiger partial charge in [-0.15, -0.1) is 0 Å². The highest BCUT2D eigenvalue weighted by Crippen LogP contribution is 2.29. The third-order valence-electron chi connectivity index (χ3n) is 4.01. The Morgan fingerprint density at radius 2 is 1.83 bits per heavy atom. The van der Waals surface area contributed by atoms with E-state index in [0.717, 1.165) is 28.8 Å². The van der Waals surface area contributed by atoms with E-state index in [1.54, 1.807) is 13.8 Å². The molecular formula is C19H24F3N5O3. The highest BCUT2D eigenvalue weighted by atomic mass is 19.4. The number of nitrogens with two attached hydrogens (primary N) is 1. The fourth-order valence-corrected chi connectivity index (χ4v) is 2.83. The summed E-state index contributed by atoms with van der Waals surface area (Å²) in [5.74, 6) is -1.48. The maximum Gasteiger partial charge on any atom is 0.490 e. The number of fused-ring (bicyclic) bond motifs is 3. The van der Waals surface area contributed by atoms with Gasteiger partial charge >= 0.3 is 12.1 Å². The van der Waals surface area contributed by atoms with Gasteiger partial charge in [0.1, 0.15) is 11.3 Å². The van der Waals surface area contributed by atoms with E-state index < -0.39 is 17.7 Å². The zero-order valence-electron chi connectivity index (χ0n) is 16.8. The van der Waals surface area contributed by atoms with E-state index in [-0.39, 0.29) is 0 Å². The van der Waals surface area contributed by atoms with Crippen LogP contribution in [0.25, 0.3) is 21.9 Å². The topological polar surface area (TPSA) is 126 Å². The number of carboxylic acids is 1. The standard InChI is InChI=1S/C17H23N5O.C2HF3O2/c1-4-19-9-13-21-14-15(22(13)10-17(2,3)23)11-7-5-6-8-12(11)20-16(14)18;3-2(4,5)1(6)7/h5-8,19,23H,4,9-10H2,1-3H3,(H2,18,20);(H,6,7). The number of benzene rings is 1. The van der Waals surface area contributed by atoms with E-state index in [0.29, 0.717) is 24.4 Å². The molecule has 0 atom stereocenters. The number of carbonyl (C=O) groups is 1. The van der Waals surface area contributed by atoms with Gasteiger partial charge in [0, 0.05) is 5.39 Å². The molecule has 8 nitrogen and oxygen atoms in total. The zero-order valence-corrected chi connectivity index (χ0v) is 16.8. The number of alkyl halides is 3. The molecule has 11 heteroatoms. The first-order valence-electron chi connectivity index (χ1n) is 9.11. The van der Waals surface area contributed by atoms with Crippen molar-refractivity contribution in [2.24, 2.45) is 0 Å². The first kappa shape index (κ1) is 23.4. The van der Waals surface area contributed by atoms with Crippen LogP contribution in [0.15, 0.2) is 24.3 Å². The Balaban J connectivity index is 0.000000396. The normalized spacial score (nSPS) is 12.1. The van der Waals surface area contributed by atoms with Crippen molar-refractivity contribution in [3.05, 3.63) is 30.1 Å². The van der Waals surface area contributed by atoms with Gasteiger partial charge in [0.15, 0.2) is 5.82 Å². The molecule has 0 aliphatic carbocycles. The molecule has 0 unspecified atom stereocenters. The molecule has 0 saturated heterocycles. The van der Waals surface area contributed by atoms with Crippen molar-refractivity contribution >= 4 is 33.7 Å². The summed E-state index contributed by atoms with van der Waals surface area (Å²) in [6, 6.07) is 7.88.